The van der Waals surface area contributed by atoms with Crippen LogP contribution < -0.4 is 0 Å². The van der Waals surface area contributed by atoms with Crippen LogP contribution >= 0.6 is 0 Å². The second-order valence-electron chi connectivity index (χ2n) is 5.31. The maximum absolute atomic E-state index is 9.51. The molecule has 1 unspecified atom stereocenters. The van der Waals surface area contributed by atoms with Gasteiger partial charge >= 0.3 is 0 Å². The van der Waals surface area contributed by atoms with Crippen LogP contribution in [0.3, 0.4) is 0 Å². The van der Waals surface area contributed by atoms with Crippen LogP contribution in [0, 0.1) is 6.92 Å². The number of hydrogen-bond acceptors (Lipinski definition) is 4. The van der Waals surface area contributed by atoms with Gasteiger partial charge in [-0.1, -0.05) is 0 Å². The summed E-state index contributed by atoms with van der Waals surface area (Å²) >= 11 is 0. The normalized spacial score (nSPS) is 25.4. The van der Waals surface area contributed by atoms with E-state index in [4.69, 9.17) is 0 Å². The van der Waals surface area contributed by atoms with Crippen molar-refractivity contribution in [3.8, 4) is 0 Å². The smallest absolute Gasteiger partial charge is 0.131 e. The van der Waals surface area contributed by atoms with Crippen LogP contribution in [0.1, 0.15) is 42.4 Å². The summed E-state index contributed by atoms with van der Waals surface area (Å²) in [5.74, 6) is 1.64. The van der Waals surface area contributed by atoms with Crippen molar-refractivity contribution < 1.29 is 5.11 Å². The van der Waals surface area contributed by atoms with Gasteiger partial charge in [0.2, 0.25) is 0 Å². The van der Waals surface area contributed by atoms with E-state index in [0.717, 1.165) is 43.3 Å². The highest BCUT2D eigenvalue weighted by atomic mass is 16.3. The molecule has 0 spiro atoms. The molecule has 2 aliphatic rings. The lowest BCUT2D eigenvalue weighted by Gasteiger charge is -2.15. The third kappa shape index (κ3) is 2.64. The maximum Gasteiger partial charge on any atom is 0.131 e. The first kappa shape index (κ1) is 11.1. The summed E-state index contributed by atoms with van der Waals surface area (Å²) < 4.78 is 0. The fraction of sp³-hybridized carbons (Fsp3) is 0.692. The van der Waals surface area contributed by atoms with Gasteiger partial charge in [0.05, 0.1) is 11.8 Å². The number of likely N-dealkylation sites (tertiary alicyclic amines) is 1. The van der Waals surface area contributed by atoms with E-state index in [-0.39, 0.29) is 6.10 Å². The Bertz CT molecular complexity index is 417. The molecule has 92 valence electrons. The Balaban J connectivity index is 1.73. The van der Waals surface area contributed by atoms with Crippen LogP contribution in [0.15, 0.2) is 6.07 Å². The summed E-state index contributed by atoms with van der Waals surface area (Å²) in [5, 5.41) is 9.51. The molecule has 2 heterocycles. The highest BCUT2D eigenvalue weighted by molar-refractivity contribution is 5.15. The number of β-amino-alcohol motifs (C(OH)–C–C–N with tert-alkyl or cyclic N) is 1. The minimum atomic E-state index is -0.152. The molecule has 17 heavy (non-hydrogen) atoms. The van der Waals surface area contributed by atoms with E-state index in [9.17, 15) is 5.11 Å². The van der Waals surface area contributed by atoms with Crippen LogP contribution in [0.25, 0.3) is 0 Å². The number of hydrogen-bond donors (Lipinski definition) is 1. The Labute approximate surface area is 102 Å². The van der Waals surface area contributed by atoms with Crippen LogP contribution in [0.4, 0.5) is 0 Å². The lowest BCUT2D eigenvalue weighted by molar-refractivity contribution is 0.174. The van der Waals surface area contributed by atoms with E-state index in [0.29, 0.717) is 5.92 Å². The minimum Gasteiger partial charge on any atom is -0.392 e. The molecule has 4 heteroatoms. The number of aromatic nitrogens is 2. The summed E-state index contributed by atoms with van der Waals surface area (Å²) in [7, 11) is 0. The van der Waals surface area contributed by atoms with Crippen LogP contribution in [-0.4, -0.2) is 39.2 Å². The first-order chi connectivity index (χ1) is 8.20. The molecule has 1 N–H and O–H groups in total. The highest BCUT2D eigenvalue weighted by Crippen LogP contribution is 2.38. The van der Waals surface area contributed by atoms with Crippen molar-refractivity contribution in [1.29, 1.82) is 0 Å². The molecule has 3 rings (SSSR count). The van der Waals surface area contributed by atoms with E-state index in [1.807, 2.05) is 6.92 Å². The molecule has 1 aliphatic heterocycles. The summed E-state index contributed by atoms with van der Waals surface area (Å²) in [5.41, 5.74) is 2.17. The number of aryl methyl sites for hydroxylation is 1. The predicted octanol–water partition coefficient (Wildman–Crippen LogP) is 1.23. The van der Waals surface area contributed by atoms with E-state index in [1.54, 1.807) is 0 Å². The van der Waals surface area contributed by atoms with Crippen molar-refractivity contribution in [2.75, 3.05) is 13.1 Å². The van der Waals surface area contributed by atoms with Gasteiger partial charge in [-0.25, -0.2) is 9.97 Å². The Morgan fingerprint density at radius 3 is 2.82 bits per heavy atom. The average Bonchev–Trinajstić information content (AvgIpc) is 3.03. The van der Waals surface area contributed by atoms with E-state index in [2.05, 4.69) is 20.9 Å². The minimum absolute atomic E-state index is 0.152. The van der Waals surface area contributed by atoms with Gasteiger partial charge < -0.3 is 5.11 Å². The monoisotopic (exact) mass is 233 g/mol. The first-order valence-electron chi connectivity index (χ1n) is 6.45. The average molecular weight is 233 g/mol. The lowest BCUT2D eigenvalue weighted by atomic mass is 10.3. The molecular weight excluding hydrogens is 214 g/mol. The standard InChI is InChI=1S/C13H19N3O/c1-9-6-11(7-16-5-4-12(17)8-16)15-13(14-9)10-2-3-10/h6,10,12,17H,2-5,7-8H2,1H3. The van der Waals surface area contributed by atoms with Gasteiger partial charge in [0.1, 0.15) is 5.82 Å². The van der Waals surface area contributed by atoms with E-state index in [1.165, 1.54) is 12.8 Å². The third-order valence-corrected chi connectivity index (χ3v) is 3.50. The van der Waals surface area contributed by atoms with Gasteiger partial charge in [-0.3, -0.25) is 4.90 Å². The SMILES string of the molecule is Cc1cc(CN2CCC(O)C2)nc(C2CC2)n1. The summed E-state index contributed by atoms with van der Waals surface area (Å²) in [6, 6.07) is 2.07. The Hall–Kier alpha value is -1.00. The second-order valence-corrected chi connectivity index (χ2v) is 5.31. The molecule has 1 saturated heterocycles. The molecule has 0 bridgehead atoms. The fourth-order valence-electron chi connectivity index (χ4n) is 2.45. The van der Waals surface area contributed by atoms with Gasteiger partial charge in [-0.15, -0.1) is 0 Å². The third-order valence-electron chi connectivity index (χ3n) is 3.50. The molecule has 2 fully saturated rings. The van der Waals surface area contributed by atoms with E-state index >= 15 is 0 Å². The quantitative estimate of drug-likeness (QED) is 0.853. The summed E-state index contributed by atoms with van der Waals surface area (Å²) in [4.78, 5) is 11.4. The molecule has 1 aliphatic carbocycles. The maximum atomic E-state index is 9.51. The van der Waals surface area contributed by atoms with Crippen molar-refractivity contribution in [3.05, 3.63) is 23.3 Å². The van der Waals surface area contributed by atoms with Crippen LogP contribution in [-0.2, 0) is 6.54 Å². The van der Waals surface area contributed by atoms with Gasteiger partial charge in [-0.2, -0.15) is 0 Å². The molecule has 0 radical (unpaired) electrons. The summed E-state index contributed by atoms with van der Waals surface area (Å²) in [6.07, 6.45) is 3.22. The summed E-state index contributed by atoms with van der Waals surface area (Å²) in [6.45, 7) is 4.64. The molecule has 1 atom stereocenters. The van der Waals surface area contributed by atoms with Crippen molar-refractivity contribution in [2.45, 2.75) is 44.8 Å². The number of aliphatic hydroxyl groups is 1. The number of nitrogens with zero attached hydrogens (tertiary/aromatic N) is 3. The molecule has 1 aromatic heterocycles. The van der Waals surface area contributed by atoms with Crippen molar-refractivity contribution >= 4 is 0 Å². The van der Waals surface area contributed by atoms with Crippen molar-refractivity contribution in [3.63, 3.8) is 0 Å². The lowest BCUT2D eigenvalue weighted by Crippen LogP contribution is -2.22. The molecule has 1 saturated carbocycles. The van der Waals surface area contributed by atoms with E-state index < -0.39 is 0 Å². The van der Waals surface area contributed by atoms with Gasteiger partial charge in [0, 0.05) is 31.2 Å². The predicted molar refractivity (Wildman–Crippen MR) is 64.6 cm³/mol. The Morgan fingerprint density at radius 1 is 1.35 bits per heavy atom. The molecular formula is C13H19N3O. The van der Waals surface area contributed by atoms with Gasteiger partial charge in [0.25, 0.3) is 0 Å². The first-order valence-corrected chi connectivity index (χ1v) is 6.45. The number of aliphatic hydroxyl groups excluding tert-OH is 1. The fourth-order valence-corrected chi connectivity index (χ4v) is 2.45. The molecule has 4 nitrogen and oxygen atoms in total. The largest absolute Gasteiger partial charge is 0.392 e. The van der Waals surface area contributed by atoms with Crippen molar-refractivity contribution in [1.82, 2.24) is 14.9 Å². The van der Waals surface area contributed by atoms with Gasteiger partial charge in [0.15, 0.2) is 0 Å². The van der Waals surface area contributed by atoms with Crippen molar-refractivity contribution in [2.24, 2.45) is 0 Å². The second kappa shape index (κ2) is 4.35. The van der Waals surface area contributed by atoms with Crippen LogP contribution in [0.5, 0.6) is 0 Å². The Morgan fingerprint density at radius 2 is 2.18 bits per heavy atom. The zero-order chi connectivity index (χ0) is 11.8. The van der Waals surface area contributed by atoms with Crippen LogP contribution in [0.2, 0.25) is 0 Å². The highest BCUT2D eigenvalue weighted by Gasteiger charge is 2.27. The zero-order valence-electron chi connectivity index (χ0n) is 10.3. The molecule has 0 aromatic carbocycles. The number of rotatable bonds is 3. The topological polar surface area (TPSA) is 49.2 Å². The molecule has 1 aromatic rings. The zero-order valence-corrected chi connectivity index (χ0v) is 10.3. The Kier molecular flexibility index (Phi) is 2.84. The molecule has 0 amide bonds. The van der Waals surface area contributed by atoms with Gasteiger partial charge in [-0.05, 0) is 32.3 Å².